The molecule has 0 saturated carbocycles. The molecule has 2 aromatic rings. The third-order valence-electron chi connectivity index (χ3n) is 4.98. The summed E-state index contributed by atoms with van der Waals surface area (Å²) < 4.78 is 21.9. The van der Waals surface area contributed by atoms with E-state index in [9.17, 15) is 4.79 Å². The summed E-state index contributed by atoms with van der Waals surface area (Å²) in [7, 11) is 1.93. The number of carbonyl (C=O) groups excluding carboxylic acids is 1. The van der Waals surface area contributed by atoms with Crippen molar-refractivity contribution >= 4 is 5.91 Å². The molecule has 0 aliphatic carbocycles. The maximum Gasteiger partial charge on any atom is 0.237 e. The minimum atomic E-state index is -0.276. The molecule has 7 nitrogen and oxygen atoms in total. The van der Waals surface area contributed by atoms with E-state index >= 15 is 0 Å². The second-order valence-corrected chi connectivity index (χ2v) is 6.97. The predicted octanol–water partition coefficient (Wildman–Crippen LogP) is 2.32. The molecule has 0 radical (unpaired) electrons. The molecule has 0 bridgehead atoms. The minimum Gasteiger partial charge on any atom is -0.486 e. The first-order valence-corrected chi connectivity index (χ1v) is 9.35. The van der Waals surface area contributed by atoms with Crippen molar-refractivity contribution < 1.29 is 23.7 Å². The van der Waals surface area contributed by atoms with Crippen LogP contribution in [-0.4, -0.2) is 43.9 Å². The van der Waals surface area contributed by atoms with E-state index in [0.717, 1.165) is 34.1 Å². The van der Waals surface area contributed by atoms with Crippen LogP contribution < -0.4 is 24.3 Å². The van der Waals surface area contributed by atoms with E-state index in [1.165, 1.54) is 0 Å². The number of hydrogen-bond acceptors (Lipinski definition) is 6. The lowest BCUT2D eigenvalue weighted by atomic mass is 10.1. The molecule has 2 heterocycles. The number of nitrogens with zero attached hydrogens (tertiary/aromatic N) is 1. The second kappa shape index (κ2) is 7.98. The van der Waals surface area contributed by atoms with Crippen LogP contribution in [-0.2, 0) is 17.9 Å². The molecule has 0 aromatic heterocycles. The molecule has 148 valence electrons. The van der Waals surface area contributed by atoms with Crippen LogP contribution >= 0.6 is 0 Å². The van der Waals surface area contributed by atoms with Crippen molar-refractivity contribution in [3.63, 3.8) is 0 Å². The highest BCUT2D eigenvalue weighted by Crippen LogP contribution is 2.32. The Morgan fingerprint density at radius 3 is 2.39 bits per heavy atom. The molecule has 0 fully saturated rings. The van der Waals surface area contributed by atoms with Crippen LogP contribution in [0.5, 0.6) is 23.0 Å². The largest absolute Gasteiger partial charge is 0.486 e. The van der Waals surface area contributed by atoms with E-state index in [1.54, 1.807) is 0 Å². The predicted molar refractivity (Wildman–Crippen MR) is 103 cm³/mol. The molecule has 1 N–H and O–H groups in total. The second-order valence-electron chi connectivity index (χ2n) is 6.97. The Bertz CT molecular complexity index is 870. The molecule has 0 saturated heterocycles. The van der Waals surface area contributed by atoms with Gasteiger partial charge in [0, 0.05) is 13.1 Å². The first-order valence-electron chi connectivity index (χ1n) is 9.35. The lowest BCUT2D eigenvalue weighted by Crippen LogP contribution is -2.42. The van der Waals surface area contributed by atoms with Crippen LogP contribution in [0.25, 0.3) is 0 Å². The van der Waals surface area contributed by atoms with Gasteiger partial charge in [-0.3, -0.25) is 9.69 Å². The number of amides is 1. The maximum atomic E-state index is 12.6. The highest BCUT2D eigenvalue weighted by Gasteiger charge is 2.20. The van der Waals surface area contributed by atoms with Gasteiger partial charge < -0.3 is 24.3 Å². The van der Waals surface area contributed by atoms with E-state index < -0.39 is 0 Å². The lowest BCUT2D eigenvalue weighted by molar-refractivity contribution is -0.125. The topological polar surface area (TPSA) is 69.3 Å². The molecule has 1 amide bonds. The normalized spacial score (nSPS) is 15.4. The number of rotatable bonds is 6. The molecule has 2 aromatic carbocycles. The monoisotopic (exact) mass is 384 g/mol. The zero-order valence-corrected chi connectivity index (χ0v) is 16.1. The van der Waals surface area contributed by atoms with Gasteiger partial charge in [0.15, 0.2) is 23.0 Å². The smallest absolute Gasteiger partial charge is 0.237 e. The number of nitrogens with one attached hydrogen (secondary N) is 1. The molecule has 1 unspecified atom stereocenters. The molecule has 2 aliphatic rings. The summed E-state index contributed by atoms with van der Waals surface area (Å²) in [5.74, 6) is 2.96. The molecule has 2 aliphatic heterocycles. The van der Waals surface area contributed by atoms with Gasteiger partial charge in [0.2, 0.25) is 12.7 Å². The zero-order valence-electron chi connectivity index (χ0n) is 16.1. The van der Waals surface area contributed by atoms with Crippen molar-refractivity contribution in [3.8, 4) is 23.0 Å². The van der Waals surface area contributed by atoms with Crippen molar-refractivity contribution in [2.75, 3.05) is 27.1 Å². The minimum absolute atomic E-state index is 0.0299. The summed E-state index contributed by atoms with van der Waals surface area (Å²) in [4.78, 5) is 14.6. The summed E-state index contributed by atoms with van der Waals surface area (Å²) >= 11 is 0. The van der Waals surface area contributed by atoms with Gasteiger partial charge in [-0.2, -0.15) is 0 Å². The van der Waals surface area contributed by atoms with Crippen molar-refractivity contribution in [2.45, 2.75) is 26.1 Å². The average molecular weight is 384 g/mol. The van der Waals surface area contributed by atoms with Crippen LogP contribution in [0.2, 0.25) is 0 Å². The SMILES string of the molecule is CC(C(=O)NCc1ccc2c(c1)OCO2)N(C)Cc1ccc2c(c1)OCCO2. The fourth-order valence-electron chi connectivity index (χ4n) is 3.20. The molecule has 1 atom stereocenters. The fraction of sp³-hybridized carbons (Fsp3) is 0.381. The Balaban J connectivity index is 1.31. The van der Waals surface area contributed by atoms with Gasteiger partial charge in [0.1, 0.15) is 13.2 Å². The van der Waals surface area contributed by atoms with Crippen molar-refractivity contribution in [1.29, 1.82) is 0 Å². The lowest BCUT2D eigenvalue weighted by Gasteiger charge is -2.25. The van der Waals surface area contributed by atoms with Gasteiger partial charge in [-0.25, -0.2) is 0 Å². The van der Waals surface area contributed by atoms with Gasteiger partial charge in [-0.15, -0.1) is 0 Å². The number of hydrogen-bond donors (Lipinski definition) is 1. The molecule has 4 rings (SSSR count). The molecule has 0 spiro atoms. The molecular formula is C21H24N2O5. The summed E-state index contributed by atoms with van der Waals surface area (Å²) in [6, 6.07) is 11.3. The Hall–Kier alpha value is -2.93. The van der Waals surface area contributed by atoms with Crippen LogP contribution in [0.4, 0.5) is 0 Å². The maximum absolute atomic E-state index is 12.6. The van der Waals surface area contributed by atoms with Gasteiger partial charge >= 0.3 is 0 Å². The van der Waals surface area contributed by atoms with E-state index in [2.05, 4.69) is 5.32 Å². The van der Waals surface area contributed by atoms with Crippen molar-refractivity contribution in [3.05, 3.63) is 47.5 Å². The van der Waals surface area contributed by atoms with Gasteiger partial charge in [-0.05, 0) is 49.4 Å². The van der Waals surface area contributed by atoms with Crippen molar-refractivity contribution in [1.82, 2.24) is 10.2 Å². The van der Waals surface area contributed by atoms with E-state index in [0.29, 0.717) is 26.3 Å². The van der Waals surface area contributed by atoms with E-state index in [-0.39, 0.29) is 18.7 Å². The first-order chi connectivity index (χ1) is 13.6. The Morgan fingerprint density at radius 1 is 0.964 bits per heavy atom. The summed E-state index contributed by atoms with van der Waals surface area (Å²) in [6.45, 7) is 4.35. The standard InChI is InChI=1S/C21H24N2O5/c1-14(21(24)22-11-15-3-5-18-20(9-15)28-13-27-18)23(2)12-16-4-6-17-19(10-16)26-8-7-25-17/h3-6,9-10,14H,7-8,11-13H2,1-2H3,(H,22,24). The highest BCUT2D eigenvalue weighted by molar-refractivity contribution is 5.81. The van der Waals surface area contributed by atoms with Crippen molar-refractivity contribution in [2.24, 2.45) is 0 Å². The van der Waals surface area contributed by atoms with Crippen LogP contribution in [0.15, 0.2) is 36.4 Å². The third kappa shape index (κ3) is 3.99. The Labute approximate surface area is 164 Å². The number of carbonyl (C=O) groups is 1. The molecule has 28 heavy (non-hydrogen) atoms. The van der Waals surface area contributed by atoms with E-state index in [1.807, 2.05) is 55.3 Å². The summed E-state index contributed by atoms with van der Waals surface area (Å²) in [5.41, 5.74) is 2.04. The fourth-order valence-corrected chi connectivity index (χ4v) is 3.20. The molecular weight excluding hydrogens is 360 g/mol. The summed E-state index contributed by atoms with van der Waals surface area (Å²) in [6.07, 6.45) is 0. The van der Waals surface area contributed by atoms with Gasteiger partial charge in [0.25, 0.3) is 0 Å². The third-order valence-corrected chi connectivity index (χ3v) is 4.98. The Kier molecular flexibility index (Phi) is 5.25. The Morgan fingerprint density at radius 2 is 1.57 bits per heavy atom. The highest BCUT2D eigenvalue weighted by atomic mass is 16.7. The number of benzene rings is 2. The number of likely N-dealkylation sites (N-methyl/N-ethyl adjacent to an activating group) is 1. The average Bonchev–Trinajstić information content (AvgIpc) is 3.19. The van der Waals surface area contributed by atoms with Crippen LogP contribution in [0, 0.1) is 0 Å². The number of ether oxygens (including phenoxy) is 4. The number of fused-ring (bicyclic) bond motifs is 2. The molecule has 7 heteroatoms. The first kappa shape index (κ1) is 18.4. The zero-order chi connectivity index (χ0) is 19.5. The van der Waals surface area contributed by atoms with Crippen LogP contribution in [0.1, 0.15) is 18.1 Å². The van der Waals surface area contributed by atoms with E-state index in [4.69, 9.17) is 18.9 Å². The van der Waals surface area contributed by atoms with Gasteiger partial charge in [-0.1, -0.05) is 12.1 Å². The van der Waals surface area contributed by atoms with Crippen LogP contribution in [0.3, 0.4) is 0 Å². The summed E-state index contributed by atoms with van der Waals surface area (Å²) in [5, 5.41) is 2.98. The van der Waals surface area contributed by atoms with Gasteiger partial charge in [0.05, 0.1) is 6.04 Å². The quantitative estimate of drug-likeness (QED) is 0.824.